The Hall–Kier alpha value is -1.58. The third-order valence-corrected chi connectivity index (χ3v) is 3.57. The van der Waals surface area contributed by atoms with Gasteiger partial charge in [0, 0.05) is 0 Å². The summed E-state index contributed by atoms with van der Waals surface area (Å²) in [5.74, 6) is 0.615. The van der Waals surface area contributed by atoms with Gasteiger partial charge >= 0.3 is 0 Å². The van der Waals surface area contributed by atoms with Gasteiger partial charge in [-0.05, 0) is 29.7 Å². The molecule has 2 rings (SSSR count). The number of halogens is 1. The van der Waals surface area contributed by atoms with E-state index in [9.17, 15) is 0 Å². The molecule has 104 valence electrons. The maximum atomic E-state index is 6.10. The zero-order valence-corrected chi connectivity index (χ0v) is 12.8. The maximum absolute atomic E-state index is 6.10. The summed E-state index contributed by atoms with van der Waals surface area (Å²) < 4.78 is 5.79. The molecule has 0 aliphatic rings. The van der Waals surface area contributed by atoms with E-state index in [2.05, 4.69) is 31.2 Å². The highest BCUT2D eigenvalue weighted by Gasteiger charge is 2.10. The number of hydrogen-bond donors (Lipinski definition) is 1. The van der Waals surface area contributed by atoms with Gasteiger partial charge < -0.3 is 10.5 Å². The maximum Gasteiger partial charge on any atom is 0.131 e. The van der Waals surface area contributed by atoms with E-state index >= 15 is 0 Å². The van der Waals surface area contributed by atoms with Crippen LogP contribution >= 0.6 is 23.8 Å². The SMILES string of the molecule is CCc1ccc(COc2cccc(Cl)c2C(N)=S)cc1. The first kappa shape index (κ1) is 14.8. The quantitative estimate of drug-likeness (QED) is 0.844. The van der Waals surface area contributed by atoms with E-state index in [1.165, 1.54) is 5.56 Å². The molecule has 0 fully saturated rings. The minimum atomic E-state index is 0.243. The highest BCUT2D eigenvalue weighted by molar-refractivity contribution is 7.80. The molecule has 0 atom stereocenters. The fourth-order valence-corrected chi connectivity index (χ4v) is 2.43. The van der Waals surface area contributed by atoms with Crippen molar-refractivity contribution < 1.29 is 4.74 Å². The molecule has 0 saturated carbocycles. The van der Waals surface area contributed by atoms with E-state index < -0.39 is 0 Å². The number of hydrogen-bond acceptors (Lipinski definition) is 2. The largest absolute Gasteiger partial charge is 0.488 e. The zero-order chi connectivity index (χ0) is 14.5. The van der Waals surface area contributed by atoms with Crippen LogP contribution in [-0.2, 0) is 13.0 Å². The third kappa shape index (κ3) is 3.50. The lowest BCUT2D eigenvalue weighted by molar-refractivity contribution is 0.305. The molecule has 0 bridgehead atoms. The Morgan fingerprint density at radius 2 is 1.80 bits per heavy atom. The molecule has 4 heteroatoms. The number of benzene rings is 2. The normalized spacial score (nSPS) is 10.3. The Kier molecular flexibility index (Phi) is 4.99. The van der Waals surface area contributed by atoms with Crippen molar-refractivity contribution in [2.45, 2.75) is 20.0 Å². The molecule has 2 aromatic rings. The van der Waals surface area contributed by atoms with Gasteiger partial charge in [-0.15, -0.1) is 0 Å². The Morgan fingerprint density at radius 3 is 2.40 bits per heavy atom. The van der Waals surface area contributed by atoms with E-state index in [0.717, 1.165) is 12.0 Å². The van der Waals surface area contributed by atoms with Crippen LogP contribution < -0.4 is 10.5 Å². The molecule has 0 radical (unpaired) electrons. The van der Waals surface area contributed by atoms with Crippen molar-refractivity contribution in [2.75, 3.05) is 0 Å². The highest BCUT2D eigenvalue weighted by Crippen LogP contribution is 2.27. The Morgan fingerprint density at radius 1 is 1.15 bits per heavy atom. The van der Waals surface area contributed by atoms with Gasteiger partial charge in [-0.25, -0.2) is 0 Å². The van der Waals surface area contributed by atoms with Gasteiger partial charge in [0.1, 0.15) is 17.3 Å². The van der Waals surface area contributed by atoms with Gasteiger partial charge in [0.15, 0.2) is 0 Å². The molecule has 0 saturated heterocycles. The second kappa shape index (κ2) is 6.73. The lowest BCUT2D eigenvalue weighted by atomic mass is 10.1. The highest BCUT2D eigenvalue weighted by atomic mass is 35.5. The summed E-state index contributed by atoms with van der Waals surface area (Å²) in [7, 11) is 0. The first-order valence-corrected chi connectivity index (χ1v) is 7.19. The smallest absolute Gasteiger partial charge is 0.131 e. The number of nitrogens with two attached hydrogens (primary N) is 1. The molecule has 0 aromatic heterocycles. The number of thiocarbonyl (C=S) groups is 1. The molecular weight excluding hydrogens is 290 g/mol. The molecule has 20 heavy (non-hydrogen) atoms. The van der Waals surface area contributed by atoms with Gasteiger partial charge in [0.25, 0.3) is 0 Å². The molecule has 2 N–H and O–H groups in total. The zero-order valence-electron chi connectivity index (χ0n) is 11.2. The summed E-state index contributed by atoms with van der Waals surface area (Å²) in [5, 5.41) is 0.510. The second-order valence-corrected chi connectivity index (χ2v) is 5.28. The fourth-order valence-electron chi connectivity index (χ4n) is 1.90. The minimum Gasteiger partial charge on any atom is -0.488 e. The lowest BCUT2D eigenvalue weighted by Gasteiger charge is -2.12. The molecule has 0 amide bonds. The van der Waals surface area contributed by atoms with E-state index in [-0.39, 0.29) is 4.99 Å². The van der Waals surface area contributed by atoms with Crippen molar-refractivity contribution in [3.63, 3.8) is 0 Å². The summed E-state index contributed by atoms with van der Waals surface area (Å²) in [6.45, 7) is 2.59. The molecule has 0 aliphatic carbocycles. The first-order valence-electron chi connectivity index (χ1n) is 6.40. The van der Waals surface area contributed by atoms with Crippen LogP contribution in [0.25, 0.3) is 0 Å². The van der Waals surface area contributed by atoms with E-state index in [1.807, 2.05) is 12.1 Å². The summed E-state index contributed by atoms with van der Waals surface area (Å²) in [4.78, 5) is 0.243. The lowest BCUT2D eigenvalue weighted by Crippen LogP contribution is -2.12. The van der Waals surface area contributed by atoms with Crippen LogP contribution in [0.15, 0.2) is 42.5 Å². The third-order valence-electron chi connectivity index (χ3n) is 3.05. The van der Waals surface area contributed by atoms with Crippen molar-refractivity contribution in [1.29, 1.82) is 0 Å². The Labute approximate surface area is 129 Å². The van der Waals surface area contributed by atoms with Crippen LogP contribution in [0.3, 0.4) is 0 Å². The standard InChI is InChI=1S/C16H16ClNOS/c1-2-11-6-8-12(9-7-11)10-19-14-5-3-4-13(17)15(14)16(18)20/h3-9H,2,10H2,1H3,(H2,18,20). The van der Waals surface area contributed by atoms with Gasteiger partial charge in [-0.2, -0.15) is 0 Å². The van der Waals surface area contributed by atoms with Crippen LogP contribution in [0.4, 0.5) is 0 Å². The average molecular weight is 306 g/mol. The average Bonchev–Trinajstić information content (AvgIpc) is 2.45. The predicted octanol–water partition coefficient (Wildman–Crippen LogP) is 4.12. The van der Waals surface area contributed by atoms with Crippen molar-refractivity contribution >= 4 is 28.8 Å². The summed E-state index contributed by atoms with van der Waals surface area (Å²) in [6, 6.07) is 13.7. The Bertz CT molecular complexity index is 610. The molecule has 0 aliphatic heterocycles. The topological polar surface area (TPSA) is 35.2 Å². The summed E-state index contributed by atoms with van der Waals surface area (Å²) in [6.07, 6.45) is 1.03. The van der Waals surface area contributed by atoms with Gasteiger partial charge in [0.05, 0.1) is 10.6 Å². The van der Waals surface area contributed by atoms with Gasteiger partial charge in [0.2, 0.25) is 0 Å². The van der Waals surface area contributed by atoms with Crippen molar-refractivity contribution in [3.05, 3.63) is 64.2 Å². The van der Waals surface area contributed by atoms with Crippen LogP contribution in [-0.4, -0.2) is 4.99 Å². The van der Waals surface area contributed by atoms with Crippen LogP contribution in [0.2, 0.25) is 5.02 Å². The molecule has 2 aromatic carbocycles. The predicted molar refractivity (Wildman–Crippen MR) is 87.5 cm³/mol. The summed E-state index contributed by atoms with van der Waals surface area (Å²) in [5.41, 5.74) is 8.68. The van der Waals surface area contributed by atoms with Crippen molar-refractivity contribution in [1.82, 2.24) is 0 Å². The monoisotopic (exact) mass is 305 g/mol. The van der Waals surface area contributed by atoms with Gasteiger partial charge in [-0.1, -0.05) is 61.1 Å². The van der Waals surface area contributed by atoms with E-state index in [4.69, 9.17) is 34.3 Å². The summed E-state index contributed by atoms with van der Waals surface area (Å²) >= 11 is 11.1. The number of ether oxygens (including phenoxy) is 1. The van der Waals surface area contributed by atoms with Crippen LogP contribution in [0.5, 0.6) is 5.75 Å². The molecular formula is C16H16ClNOS. The minimum absolute atomic E-state index is 0.243. The van der Waals surface area contributed by atoms with Crippen molar-refractivity contribution in [3.8, 4) is 5.75 Å². The Balaban J connectivity index is 2.14. The molecule has 0 heterocycles. The fraction of sp³-hybridized carbons (Fsp3) is 0.188. The van der Waals surface area contributed by atoms with E-state index in [1.54, 1.807) is 6.07 Å². The van der Waals surface area contributed by atoms with Gasteiger partial charge in [-0.3, -0.25) is 0 Å². The second-order valence-electron chi connectivity index (χ2n) is 4.44. The van der Waals surface area contributed by atoms with Crippen LogP contribution in [0, 0.1) is 0 Å². The van der Waals surface area contributed by atoms with E-state index in [0.29, 0.717) is 22.9 Å². The molecule has 0 unspecified atom stereocenters. The van der Waals surface area contributed by atoms with Crippen LogP contribution in [0.1, 0.15) is 23.6 Å². The van der Waals surface area contributed by atoms with Crippen molar-refractivity contribution in [2.24, 2.45) is 5.73 Å². The molecule has 2 nitrogen and oxygen atoms in total. The molecule has 0 spiro atoms. The first-order chi connectivity index (χ1) is 9.61. The number of aryl methyl sites for hydroxylation is 1. The number of rotatable bonds is 5.